The predicted octanol–water partition coefficient (Wildman–Crippen LogP) is 2.69. The molecule has 0 radical (unpaired) electrons. The van der Waals surface area contributed by atoms with Crippen LogP contribution in [-0.4, -0.2) is 42.7 Å². The molecule has 0 unspecified atom stereocenters. The van der Waals surface area contributed by atoms with Crippen molar-refractivity contribution in [1.82, 2.24) is 0 Å². The van der Waals surface area contributed by atoms with Gasteiger partial charge in [-0.3, -0.25) is 4.79 Å². The summed E-state index contributed by atoms with van der Waals surface area (Å²) in [5, 5.41) is 60.5. The van der Waals surface area contributed by atoms with Crippen molar-refractivity contribution in [1.29, 1.82) is 0 Å². The number of aromatic hydroxyl groups is 5. The summed E-state index contributed by atoms with van der Waals surface area (Å²) in [6.07, 6.45) is -2.04. The Bertz CT molecular complexity index is 1280. The van der Waals surface area contributed by atoms with Crippen LogP contribution in [0, 0.1) is 0 Å². The van der Waals surface area contributed by atoms with Crippen LogP contribution in [0.15, 0.2) is 42.5 Å². The standard InChI is InChI=1S/C24H20O9/c25-14-3-1-10(5-16(14)27)12-8-21(31)33-24-13-7-19(30)23(11-2-4-15(26)17(28)6-11)32-20(13)9-18(29)22(12)24/h1-6,9,12,19,23,25-30H,7-8H2/t12-,19-,23-/m1/s1. The van der Waals surface area contributed by atoms with E-state index in [0.717, 1.165) is 0 Å². The van der Waals surface area contributed by atoms with Crippen LogP contribution in [0.1, 0.15) is 40.7 Å². The molecule has 0 amide bonds. The Labute approximate surface area is 187 Å². The maximum Gasteiger partial charge on any atom is 0.312 e. The normalized spacial score (nSPS) is 21.5. The zero-order valence-corrected chi connectivity index (χ0v) is 17.1. The zero-order chi connectivity index (χ0) is 23.4. The number of aliphatic hydroxyl groups excluding tert-OH is 1. The summed E-state index contributed by atoms with van der Waals surface area (Å²) >= 11 is 0. The van der Waals surface area contributed by atoms with Gasteiger partial charge in [-0.2, -0.15) is 0 Å². The van der Waals surface area contributed by atoms with E-state index in [1.807, 2.05) is 0 Å². The summed E-state index contributed by atoms with van der Waals surface area (Å²) in [6, 6.07) is 9.59. The first-order valence-corrected chi connectivity index (χ1v) is 10.2. The molecule has 0 aromatic heterocycles. The number of carbonyl (C=O) groups is 1. The Balaban J connectivity index is 1.59. The lowest BCUT2D eigenvalue weighted by Gasteiger charge is -2.35. The summed E-state index contributed by atoms with van der Waals surface area (Å²) in [4.78, 5) is 12.4. The molecular weight excluding hydrogens is 432 g/mol. The van der Waals surface area contributed by atoms with Crippen molar-refractivity contribution in [3.05, 3.63) is 64.7 Å². The molecule has 0 spiro atoms. The molecule has 0 fully saturated rings. The van der Waals surface area contributed by atoms with E-state index < -0.39 is 24.1 Å². The van der Waals surface area contributed by atoms with E-state index in [-0.39, 0.29) is 53.1 Å². The van der Waals surface area contributed by atoms with Crippen LogP contribution in [0.4, 0.5) is 0 Å². The number of ether oxygens (including phenoxy) is 2. The van der Waals surface area contributed by atoms with E-state index in [1.165, 1.54) is 36.4 Å². The fraction of sp³-hybridized carbons (Fsp3) is 0.208. The Morgan fingerprint density at radius 1 is 0.758 bits per heavy atom. The third-order valence-corrected chi connectivity index (χ3v) is 6.04. The number of hydrogen-bond donors (Lipinski definition) is 6. The number of benzene rings is 3. The van der Waals surface area contributed by atoms with Gasteiger partial charge in [-0.1, -0.05) is 12.1 Å². The monoisotopic (exact) mass is 452 g/mol. The molecule has 3 aromatic carbocycles. The molecule has 3 aromatic rings. The van der Waals surface area contributed by atoms with Crippen LogP contribution in [0.3, 0.4) is 0 Å². The average molecular weight is 452 g/mol. The molecule has 170 valence electrons. The SMILES string of the molecule is O=C1C[C@H](c2ccc(O)c(O)c2)c2c(O)cc3c(c2O1)C[C@@H](O)[C@@H](c1ccc(O)c(O)c1)O3. The molecular formula is C24H20O9. The molecule has 2 aliphatic heterocycles. The average Bonchev–Trinajstić information content (AvgIpc) is 2.77. The lowest BCUT2D eigenvalue weighted by Crippen LogP contribution is -2.32. The Morgan fingerprint density at radius 3 is 2.06 bits per heavy atom. The van der Waals surface area contributed by atoms with Gasteiger partial charge in [0.05, 0.1) is 12.5 Å². The minimum absolute atomic E-state index is 0.0328. The van der Waals surface area contributed by atoms with Crippen molar-refractivity contribution in [3.8, 4) is 40.2 Å². The van der Waals surface area contributed by atoms with Crippen LogP contribution in [-0.2, 0) is 11.2 Å². The fourth-order valence-corrected chi connectivity index (χ4v) is 4.44. The van der Waals surface area contributed by atoms with Gasteiger partial charge >= 0.3 is 5.97 Å². The largest absolute Gasteiger partial charge is 0.507 e. The first kappa shape index (κ1) is 20.8. The Kier molecular flexibility index (Phi) is 4.71. The van der Waals surface area contributed by atoms with Gasteiger partial charge in [0.15, 0.2) is 23.0 Å². The maximum atomic E-state index is 12.4. The molecule has 0 saturated carbocycles. The van der Waals surface area contributed by atoms with Crippen molar-refractivity contribution in [2.75, 3.05) is 0 Å². The van der Waals surface area contributed by atoms with Gasteiger partial charge in [0.25, 0.3) is 0 Å². The third-order valence-electron chi connectivity index (χ3n) is 6.04. The van der Waals surface area contributed by atoms with Gasteiger partial charge in [-0.25, -0.2) is 0 Å². The number of rotatable bonds is 2. The second kappa shape index (κ2) is 7.49. The Hall–Kier alpha value is -4.11. The highest BCUT2D eigenvalue weighted by Crippen LogP contribution is 2.52. The van der Waals surface area contributed by atoms with Crippen molar-refractivity contribution in [2.24, 2.45) is 0 Å². The minimum atomic E-state index is -1.08. The Morgan fingerprint density at radius 2 is 1.39 bits per heavy atom. The van der Waals surface area contributed by atoms with Gasteiger partial charge in [-0.05, 0) is 35.4 Å². The summed E-state index contributed by atoms with van der Waals surface area (Å²) in [6.45, 7) is 0. The molecule has 0 aliphatic carbocycles. The van der Waals surface area contributed by atoms with Crippen molar-refractivity contribution in [3.63, 3.8) is 0 Å². The number of phenolic OH excluding ortho intramolecular Hbond substituents is 5. The van der Waals surface area contributed by atoms with Crippen LogP contribution in [0.25, 0.3) is 0 Å². The summed E-state index contributed by atoms with van der Waals surface area (Å²) in [7, 11) is 0. The minimum Gasteiger partial charge on any atom is -0.507 e. The van der Waals surface area contributed by atoms with E-state index in [1.54, 1.807) is 6.07 Å². The van der Waals surface area contributed by atoms with Gasteiger partial charge in [-0.15, -0.1) is 0 Å². The van der Waals surface area contributed by atoms with E-state index in [9.17, 15) is 35.4 Å². The van der Waals surface area contributed by atoms with Crippen LogP contribution >= 0.6 is 0 Å². The predicted molar refractivity (Wildman–Crippen MR) is 113 cm³/mol. The molecule has 5 rings (SSSR count). The molecule has 6 N–H and O–H groups in total. The number of hydrogen-bond acceptors (Lipinski definition) is 9. The highest BCUT2D eigenvalue weighted by atomic mass is 16.5. The molecule has 9 heteroatoms. The second-order valence-electron chi connectivity index (χ2n) is 8.15. The van der Waals surface area contributed by atoms with E-state index >= 15 is 0 Å². The number of esters is 1. The highest BCUT2D eigenvalue weighted by Gasteiger charge is 2.39. The lowest BCUT2D eigenvalue weighted by atomic mass is 9.82. The third kappa shape index (κ3) is 3.42. The van der Waals surface area contributed by atoms with E-state index in [0.29, 0.717) is 22.3 Å². The fourth-order valence-electron chi connectivity index (χ4n) is 4.44. The van der Waals surface area contributed by atoms with Crippen LogP contribution in [0.5, 0.6) is 40.2 Å². The van der Waals surface area contributed by atoms with Crippen LogP contribution < -0.4 is 9.47 Å². The highest BCUT2D eigenvalue weighted by molar-refractivity contribution is 5.80. The topological polar surface area (TPSA) is 157 Å². The van der Waals surface area contributed by atoms with Gasteiger partial charge < -0.3 is 40.1 Å². The molecule has 2 heterocycles. The quantitative estimate of drug-likeness (QED) is 0.195. The van der Waals surface area contributed by atoms with Gasteiger partial charge in [0.2, 0.25) is 0 Å². The summed E-state index contributed by atoms with van der Waals surface area (Å²) in [5.41, 5.74) is 1.62. The number of fused-ring (bicyclic) bond motifs is 3. The molecule has 33 heavy (non-hydrogen) atoms. The molecule has 9 nitrogen and oxygen atoms in total. The second-order valence-corrected chi connectivity index (χ2v) is 8.15. The first-order valence-electron chi connectivity index (χ1n) is 10.2. The number of phenols is 5. The number of carbonyl (C=O) groups excluding carboxylic acids is 1. The smallest absolute Gasteiger partial charge is 0.312 e. The van der Waals surface area contributed by atoms with Crippen molar-refractivity contribution >= 4 is 5.97 Å². The maximum absolute atomic E-state index is 12.4. The first-order chi connectivity index (χ1) is 15.7. The molecule has 0 bridgehead atoms. The lowest BCUT2D eigenvalue weighted by molar-refractivity contribution is -0.135. The molecule has 0 saturated heterocycles. The van der Waals surface area contributed by atoms with Crippen molar-refractivity contribution in [2.45, 2.75) is 31.0 Å². The molecule has 3 atom stereocenters. The summed E-state index contributed by atoms with van der Waals surface area (Å²) < 4.78 is 11.4. The molecule has 2 aliphatic rings. The van der Waals surface area contributed by atoms with E-state index in [2.05, 4.69) is 0 Å². The van der Waals surface area contributed by atoms with Gasteiger partial charge in [0.1, 0.15) is 23.4 Å². The van der Waals surface area contributed by atoms with Crippen LogP contribution in [0.2, 0.25) is 0 Å². The van der Waals surface area contributed by atoms with Gasteiger partial charge in [0, 0.05) is 29.5 Å². The van der Waals surface area contributed by atoms with Crippen molar-refractivity contribution < 1.29 is 44.9 Å². The zero-order valence-electron chi connectivity index (χ0n) is 17.1. The van der Waals surface area contributed by atoms with E-state index in [4.69, 9.17) is 9.47 Å². The number of aliphatic hydroxyl groups is 1. The summed E-state index contributed by atoms with van der Waals surface area (Å²) in [5.74, 6) is -2.46.